The first-order valence-electron chi connectivity index (χ1n) is 13.8. The fraction of sp³-hybridized carbons (Fsp3) is 0. The summed E-state index contributed by atoms with van der Waals surface area (Å²) in [6.07, 6.45) is 0. The summed E-state index contributed by atoms with van der Waals surface area (Å²) in [6, 6.07) is 22.3. The van der Waals surface area contributed by atoms with Gasteiger partial charge in [0.1, 0.15) is 22.6 Å². The molecule has 0 atom stereocenters. The molecule has 0 saturated heterocycles. The van der Waals surface area contributed by atoms with Crippen LogP contribution in [-0.4, -0.2) is 39.9 Å². The molecule has 1 radical (unpaired) electrons. The molecule has 13 heteroatoms. The van der Waals surface area contributed by atoms with Crippen LogP contribution in [0.1, 0.15) is 0 Å². The Morgan fingerprint density at radius 2 is 0.689 bits per heavy atom. The molecule has 3 aromatic heterocycles. The largest absolute Gasteiger partial charge is 0.399 e. The van der Waals surface area contributed by atoms with Crippen LogP contribution in [0.2, 0.25) is 0 Å². The zero-order valence-corrected chi connectivity index (χ0v) is 24.3. The molecule has 2 aliphatic rings. The first kappa shape index (κ1) is 26.6. The van der Waals surface area contributed by atoms with Crippen LogP contribution in [0.5, 0.6) is 0 Å². The molecule has 219 valence electrons. The molecule has 9 rings (SSSR count). The maximum absolute atomic E-state index is 6.21. The van der Waals surface area contributed by atoms with Crippen molar-refractivity contribution >= 4 is 66.9 Å². The predicted molar refractivity (Wildman–Crippen MR) is 174 cm³/mol. The van der Waals surface area contributed by atoms with Crippen molar-refractivity contribution in [3.8, 4) is 45.6 Å². The Balaban J connectivity index is 0.00000300. The number of rotatable bonds is 0. The van der Waals surface area contributed by atoms with Gasteiger partial charge < -0.3 is 32.9 Å². The van der Waals surface area contributed by atoms with Crippen LogP contribution in [0.15, 0.2) is 72.8 Å². The van der Waals surface area contributed by atoms with E-state index in [2.05, 4.69) is 9.97 Å². The van der Waals surface area contributed by atoms with E-state index in [1.165, 1.54) is 0 Å². The summed E-state index contributed by atoms with van der Waals surface area (Å²) in [5.41, 5.74) is 32.5. The summed E-state index contributed by atoms with van der Waals surface area (Å²) < 4.78 is 0. The number of nitrogens with two attached hydrogens (primary N) is 4. The molecule has 45 heavy (non-hydrogen) atoms. The molecular weight excluding hydrogens is 611 g/mol. The number of hydrogen-bond acceptors (Lipinski definition) is 10. The number of anilines is 4. The van der Waals surface area contributed by atoms with Crippen LogP contribution in [0.3, 0.4) is 0 Å². The van der Waals surface area contributed by atoms with E-state index in [9.17, 15) is 0 Å². The van der Waals surface area contributed by atoms with Crippen molar-refractivity contribution in [2.45, 2.75) is 0 Å². The number of nitrogen functional groups attached to an aromatic ring is 4. The average molecular weight is 634 g/mol. The second-order valence-electron chi connectivity index (χ2n) is 10.8. The number of aromatic amines is 2. The van der Waals surface area contributed by atoms with E-state index >= 15 is 0 Å². The van der Waals surface area contributed by atoms with Gasteiger partial charge in [-0.1, -0.05) is 0 Å². The predicted octanol–water partition coefficient (Wildman–Crippen LogP) is 5.20. The number of H-pyrrole nitrogens is 2. The topological polar surface area (TPSA) is 213 Å². The van der Waals surface area contributed by atoms with E-state index in [0.29, 0.717) is 68.6 Å². The van der Waals surface area contributed by atoms with E-state index in [-0.39, 0.29) is 16.8 Å². The molecule has 0 aliphatic carbocycles. The molecule has 12 nitrogen and oxygen atoms in total. The van der Waals surface area contributed by atoms with Gasteiger partial charge in [0.2, 0.25) is 0 Å². The molecule has 0 spiro atoms. The summed E-state index contributed by atoms with van der Waals surface area (Å²) in [5.74, 6) is 1.86. The van der Waals surface area contributed by atoms with Crippen molar-refractivity contribution in [1.29, 1.82) is 0 Å². The third-order valence-corrected chi connectivity index (χ3v) is 7.93. The first-order valence-corrected chi connectivity index (χ1v) is 13.8. The Labute approximate surface area is 264 Å². The molecule has 2 aliphatic heterocycles. The average Bonchev–Trinajstić information content (AvgIpc) is 3.71. The van der Waals surface area contributed by atoms with Gasteiger partial charge in [0, 0.05) is 83.3 Å². The van der Waals surface area contributed by atoms with Crippen molar-refractivity contribution in [2.24, 2.45) is 0 Å². The molecule has 0 unspecified atom stereocenters. The summed E-state index contributed by atoms with van der Waals surface area (Å²) in [5, 5.41) is 3.22. The van der Waals surface area contributed by atoms with E-state index in [1.54, 1.807) is 0 Å². The molecule has 0 saturated carbocycles. The molecule has 4 aromatic carbocycles. The van der Waals surface area contributed by atoms with E-state index in [4.69, 9.17) is 52.8 Å². The number of hydrogen-bond donors (Lipinski definition) is 6. The Bertz CT molecular complexity index is 2570. The summed E-state index contributed by atoms with van der Waals surface area (Å²) in [6.45, 7) is 0. The summed E-state index contributed by atoms with van der Waals surface area (Å²) in [4.78, 5) is 36.4. The Morgan fingerprint density at radius 3 is 1.11 bits per heavy atom. The Kier molecular flexibility index (Phi) is 5.59. The fourth-order valence-corrected chi connectivity index (χ4v) is 5.86. The zero-order chi connectivity index (χ0) is 29.7. The van der Waals surface area contributed by atoms with Gasteiger partial charge in [-0.25, -0.2) is 29.9 Å². The number of aromatic nitrogens is 8. The number of benzene rings is 4. The van der Waals surface area contributed by atoms with E-state index in [0.717, 1.165) is 43.8 Å². The number of nitrogens with zero attached hydrogens (tertiary/aromatic N) is 6. The summed E-state index contributed by atoms with van der Waals surface area (Å²) >= 11 is 0. The van der Waals surface area contributed by atoms with Crippen LogP contribution in [0.4, 0.5) is 22.7 Å². The maximum atomic E-state index is 6.21. The summed E-state index contributed by atoms with van der Waals surface area (Å²) in [7, 11) is 0. The van der Waals surface area contributed by atoms with Gasteiger partial charge >= 0.3 is 0 Å². The van der Waals surface area contributed by atoms with Gasteiger partial charge in [0.15, 0.2) is 23.3 Å². The van der Waals surface area contributed by atoms with E-state index < -0.39 is 0 Å². The minimum atomic E-state index is 0. The first-order chi connectivity index (χ1) is 21.4. The molecule has 10 N–H and O–H groups in total. The van der Waals surface area contributed by atoms with Crippen LogP contribution in [0, 0.1) is 0 Å². The van der Waals surface area contributed by atoms with Crippen molar-refractivity contribution in [2.75, 3.05) is 22.9 Å². The van der Waals surface area contributed by atoms with Crippen LogP contribution in [-0.2, 0) is 16.8 Å². The Morgan fingerprint density at radius 1 is 0.356 bits per heavy atom. The maximum Gasteiger partial charge on any atom is 0.164 e. The molecule has 5 heterocycles. The molecule has 7 aromatic rings. The normalized spacial score (nSPS) is 11.7. The number of nitrogens with one attached hydrogen (secondary N) is 2. The van der Waals surface area contributed by atoms with Crippen LogP contribution < -0.4 is 22.9 Å². The minimum absolute atomic E-state index is 0. The van der Waals surface area contributed by atoms with Gasteiger partial charge in [0.05, 0.1) is 0 Å². The standard InChI is InChI=1S/C32H22N12.Co/c33-13-1-5-17-21(9-13)29-38-25(17)37-26-18-6-2-15(35)11-23(18)31(39-26)44-32-24-12-16(36)4-8-20(24)28(43-32)42-30-22-10-14(34)3-7-19(22)27(40-29)41-30;/h1-12H,33-36H2,(H2,37,38,39,40,41,42,43,44);. The van der Waals surface area contributed by atoms with Gasteiger partial charge in [0.25, 0.3) is 0 Å². The molecular formula is C32H22CoN12. The second-order valence-corrected chi connectivity index (χ2v) is 10.8. The number of fused-ring (bicyclic) bond motifs is 20. The van der Waals surface area contributed by atoms with Crippen molar-refractivity contribution in [1.82, 2.24) is 39.9 Å². The van der Waals surface area contributed by atoms with Crippen LogP contribution in [0.25, 0.3) is 89.7 Å². The van der Waals surface area contributed by atoms with Crippen molar-refractivity contribution in [3.05, 3.63) is 72.8 Å². The van der Waals surface area contributed by atoms with Crippen LogP contribution >= 0.6 is 0 Å². The molecule has 0 fully saturated rings. The van der Waals surface area contributed by atoms with E-state index in [1.807, 2.05) is 72.8 Å². The van der Waals surface area contributed by atoms with Gasteiger partial charge in [-0.05, 0) is 72.8 Å². The molecule has 0 amide bonds. The van der Waals surface area contributed by atoms with Crippen molar-refractivity contribution < 1.29 is 16.8 Å². The monoisotopic (exact) mass is 633 g/mol. The zero-order valence-electron chi connectivity index (χ0n) is 23.3. The van der Waals surface area contributed by atoms with Gasteiger partial charge in [-0.3, -0.25) is 0 Å². The van der Waals surface area contributed by atoms with Gasteiger partial charge in [-0.15, -0.1) is 0 Å². The Hall–Kier alpha value is -6.05. The SMILES string of the molecule is Nc1ccc2c(c1)-c1nc-2nc2[nH]c(nc3nc(nc4[nH]c(n1)c1ccc(N)cc41)-c1cc(N)ccc1-3)c1ccc(N)cc21.[Co]. The third kappa shape index (κ3) is 4.06. The third-order valence-electron chi connectivity index (χ3n) is 7.93. The second kappa shape index (κ2) is 9.47. The van der Waals surface area contributed by atoms with Crippen molar-refractivity contribution in [3.63, 3.8) is 0 Å². The fourth-order valence-electron chi connectivity index (χ4n) is 5.86. The smallest absolute Gasteiger partial charge is 0.164 e. The minimum Gasteiger partial charge on any atom is -0.399 e. The quantitative estimate of drug-likeness (QED) is 0.120. The molecule has 8 bridgehead atoms. The van der Waals surface area contributed by atoms with Gasteiger partial charge in [-0.2, -0.15) is 0 Å².